The van der Waals surface area contributed by atoms with Crippen LogP contribution in [0, 0.1) is 15.9 Å². The van der Waals surface area contributed by atoms with Crippen molar-refractivity contribution in [3.05, 3.63) is 44.9 Å². The van der Waals surface area contributed by atoms with Gasteiger partial charge in [0.15, 0.2) is 0 Å². The fourth-order valence-electron chi connectivity index (χ4n) is 4.02. The van der Waals surface area contributed by atoms with Gasteiger partial charge in [0.25, 0.3) is 0 Å². The maximum Gasteiger partial charge on any atom is 0.353 e. The number of nitrogens with zero attached hydrogens (tertiary/aromatic N) is 3. The fraction of sp³-hybridized carbons (Fsp3) is 0.615. The van der Waals surface area contributed by atoms with Gasteiger partial charge in [-0.05, 0) is 24.6 Å². The van der Waals surface area contributed by atoms with Gasteiger partial charge in [0.1, 0.15) is 12.1 Å². The molecule has 9 heteroatoms. The van der Waals surface area contributed by atoms with Gasteiger partial charge < -0.3 is 10.6 Å². The number of nitrogens with one attached hydrogen (secondary N) is 2. The summed E-state index contributed by atoms with van der Waals surface area (Å²) in [5.41, 5.74) is -0.187. The topological polar surface area (TPSA) is 93.0 Å². The molecule has 2 rings (SSSR count). The summed E-state index contributed by atoms with van der Waals surface area (Å²) in [6.07, 6.45) is 19.1. The molecule has 0 bridgehead atoms. The number of anilines is 3. The molecule has 194 valence electrons. The van der Waals surface area contributed by atoms with Crippen LogP contribution in [0.25, 0.3) is 0 Å². The van der Waals surface area contributed by atoms with Crippen molar-refractivity contribution >= 4 is 38.9 Å². The molecule has 0 atom stereocenters. The van der Waals surface area contributed by atoms with Gasteiger partial charge in [0.2, 0.25) is 11.6 Å². The molecule has 7 nitrogen and oxygen atoms in total. The first-order valence-corrected chi connectivity index (χ1v) is 13.8. The Morgan fingerprint density at radius 2 is 1.43 bits per heavy atom. The van der Waals surface area contributed by atoms with Crippen LogP contribution in [0.2, 0.25) is 0 Å². The summed E-state index contributed by atoms with van der Waals surface area (Å²) < 4.78 is 14.7. The van der Waals surface area contributed by atoms with Gasteiger partial charge in [-0.2, -0.15) is 0 Å². The van der Waals surface area contributed by atoms with Gasteiger partial charge in [-0.3, -0.25) is 10.1 Å². The zero-order valence-corrected chi connectivity index (χ0v) is 22.4. The molecule has 0 fully saturated rings. The lowest BCUT2D eigenvalue weighted by Crippen LogP contribution is -2.09. The van der Waals surface area contributed by atoms with E-state index >= 15 is 0 Å². The number of aromatic nitrogens is 2. The van der Waals surface area contributed by atoms with Crippen LogP contribution in [0.5, 0.6) is 0 Å². The Kier molecular flexibility index (Phi) is 14.2. The molecular formula is C26H39BrFN5O2. The second kappa shape index (κ2) is 17.2. The summed E-state index contributed by atoms with van der Waals surface area (Å²) in [5, 5.41) is 17.4. The molecule has 0 aliphatic heterocycles. The molecule has 0 saturated carbocycles. The molecule has 1 aromatic heterocycles. The van der Waals surface area contributed by atoms with Crippen molar-refractivity contribution in [3.63, 3.8) is 0 Å². The van der Waals surface area contributed by atoms with E-state index in [1.807, 2.05) is 0 Å². The van der Waals surface area contributed by atoms with Gasteiger partial charge in [-0.15, -0.1) is 0 Å². The van der Waals surface area contributed by atoms with Crippen molar-refractivity contribution in [1.82, 2.24) is 9.97 Å². The number of benzene rings is 1. The Labute approximate surface area is 217 Å². The second-order valence-corrected chi connectivity index (χ2v) is 9.86. The van der Waals surface area contributed by atoms with E-state index in [9.17, 15) is 14.5 Å². The molecule has 1 aromatic carbocycles. The molecule has 0 radical (unpaired) electrons. The standard InChI is InChI=1S/C26H39BrFN5O2/c1-2-3-4-5-6-7-8-9-10-11-12-13-14-15-18-29-25-24(33(34)35)26(31-20-30-25)32-23-17-16-21(27)19-22(23)28/h16-17,19-20H,2-15,18H2,1H3,(H2,29,30,31,32). The fourth-order valence-corrected chi connectivity index (χ4v) is 4.35. The number of unbranched alkanes of at least 4 members (excludes halogenated alkanes) is 13. The Balaban J connectivity index is 1.65. The van der Waals surface area contributed by atoms with Crippen molar-refractivity contribution in [2.24, 2.45) is 0 Å². The van der Waals surface area contributed by atoms with E-state index in [4.69, 9.17) is 0 Å². The van der Waals surface area contributed by atoms with Gasteiger partial charge >= 0.3 is 5.69 Å². The zero-order valence-electron chi connectivity index (χ0n) is 20.8. The minimum absolute atomic E-state index is 0.0466. The minimum atomic E-state index is -0.549. The van der Waals surface area contributed by atoms with Crippen molar-refractivity contribution < 1.29 is 9.31 Å². The van der Waals surface area contributed by atoms with Crippen LogP contribution in [0.4, 0.5) is 27.4 Å². The first-order valence-electron chi connectivity index (χ1n) is 13.0. The maximum atomic E-state index is 14.2. The van der Waals surface area contributed by atoms with Crippen LogP contribution >= 0.6 is 15.9 Å². The average molecular weight is 553 g/mol. The Morgan fingerprint density at radius 1 is 0.886 bits per heavy atom. The normalized spacial score (nSPS) is 10.9. The van der Waals surface area contributed by atoms with E-state index in [0.717, 1.165) is 12.8 Å². The van der Waals surface area contributed by atoms with E-state index in [0.29, 0.717) is 11.0 Å². The second-order valence-electron chi connectivity index (χ2n) is 8.95. The summed E-state index contributed by atoms with van der Waals surface area (Å²) in [6, 6.07) is 4.42. The summed E-state index contributed by atoms with van der Waals surface area (Å²) in [5.74, 6) is -0.446. The highest BCUT2D eigenvalue weighted by atomic mass is 79.9. The van der Waals surface area contributed by atoms with Gasteiger partial charge in [-0.1, -0.05) is 106 Å². The summed E-state index contributed by atoms with van der Waals surface area (Å²) in [4.78, 5) is 19.1. The maximum absolute atomic E-state index is 14.2. The summed E-state index contributed by atoms with van der Waals surface area (Å²) >= 11 is 3.20. The number of hydrogen-bond acceptors (Lipinski definition) is 6. The third-order valence-electron chi connectivity index (χ3n) is 6.01. The Bertz CT molecular complexity index is 900. The minimum Gasteiger partial charge on any atom is -0.364 e. The third-order valence-corrected chi connectivity index (χ3v) is 6.51. The predicted octanol–water partition coefficient (Wildman–Crippen LogP) is 8.92. The number of nitro groups is 1. The zero-order chi connectivity index (χ0) is 25.3. The molecule has 0 aliphatic carbocycles. The van der Waals surface area contributed by atoms with Crippen LogP contribution in [0.15, 0.2) is 29.0 Å². The van der Waals surface area contributed by atoms with E-state index in [2.05, 4.69) is 43.5 Å². The molecule has 1 heterocycles. The Hall–Kier alpha value is -2.29. The lowest BCUT2D eigenvalue weighted by Gasteiger charge is -2.11. The van der Waals surface area contributed by atoms with Crippen molar-refractivity contribution in [2.45, 2.75) is 96.8 Å². The van der Waals surface area contributed by atoms with Gasteiger partial charge in [-0.25, -0.2) is 14.4 Å². The van der Waals surface area contributed by atoms with Crippen molar-refractivity contribution in [3.8, 4) is 0 Å². The van der Waals surface area contributed by atoms with Crippen molar-refractivity contribution in [2.75, 3.05) is 17.2 Å². The lowest BCUT2D eigenvalue weighted by molar-refractivity contribution is -0.383. The molecule has 2 aromatic rings. The van der Waals surface area contributed by atoms with Gasteiger partial charge in [0, 0.05) is 11.0 Å². The molecule has 0 amide bonds. The highest BCUT2D eigenvalue weighted by Crippen LogP contribution is 2.32. The van der Waals surface area contributed by atoms with Crippen LogP contribution < -0.4 is 10.6 Å². The number of hydrogen-bond donors (Lipinski definition) is 2. The first-order chi connectivity index (χ1) is 17.0. The molecule has 35 heavy (non-hydrogen) atoms. The smallest absolute Gasteiger partial charge is 0.353 e. The quantitative estimate of drug-likeness (QED) is 0.103. The molecule has 2 N–H and O–H groups in total. The van der Waals surface area contributed by atoms with E-state index < -0.39 is 10.7 Å². The monoisotopic (exact) mass is 551 g/mol. The largest absolute Gasteiger partial charge is 0.364 e. The molecule has 0 unspecified atom stereocenters. The predicted molar refractivity (Wildman–Crippen MR) is 145 cm³/mol. The van der Waals surface area contributed by atoms with Crippen LogP contribution in [-0.4, -0.2) is 21.4 Å². The number of rotatable bonds is 19. The van der Waals surface area contributed by atoms with Crippen LogP contribution in [-0.2, 0) is 0 Å². The first kappa shape index (κ1) is 28.9. The third kappa shape index (κ3) is 11.3. The van der Waals surface area contributed by atoms with E-state index in [-0.39, 0.29) is 23.0 Å². The average Bonchev–Trinajstić information content (AvgIpc) is 2.83. The molecule has 0 spiro atoms. The SMILES string of the molecule is CCCCCCCCCCCCCCCCNc1ncnc(Nc2ccc(Br)cc2F)c1[N+](=O)[O-]. The van der Waals surface area contributed by atoms with E-state index in [1.54, 1.807) is 6.07 Å². The Morgan fingerprint density at radius 3 is 1.97 bits per heavy atom. The summed E-state index contributed by atoms with van der Waals surface area (Å²) in [7, 11) is 0. The highest BCUT2D eigenvalue weighted by molar-refractivity contribution is 9.10. The molecule has 0 aliphatic rings. The van der Waals surface area contributed by atoms with Crippen LogP contribution in [0.1, 0.15) is 96.8 Å². The highest BCUT2D eigenvalue weighted by Gasteiger charge is 2.23. The summed E-state index contributed by atoms with van der Waals surface area (Å²) in [6.45, 7) is 2.84. The van der Waals surface area contributed by atoms with Crippen molar-refractivity contribution in [1.29, 1.82) is 0 Å². The molecule has 0 saturated heterocycles. The molecular weight excluding hydrogens is 513 g/mol. The van der Waals surface area contributed by atoms with Crippen LogP contribution in [0.3, 0.4) is 0 Å². The lowest BCUT2D eigenvalue weighted by atomic mass is 10.0. The van der Waals surface area contributed by atoms with E-state index in [1.165, 1.54) is 95.5 Å². The van der Waals surface area contributed by atoms with Gasteiger partial charge in [0.05, 0.1) is 10.6 Å². The number of halogens is 2.